The number of allylic oxidation sites excluding steroid dienone is 5. The van der Waals surface area contributed by atoms with Crippen molar-refractivity contribution >= 4 is 11.9 Å². The lowest BCUT2D eigenvalue weighted by Crippen LogP contribution is -2.60. The summed E-state index contributed by atoms with van der Waals surface area (Å²) >= 11 is 0. The Bertz CT molecular complexity index is 1690. The van der Waals surface area contributed by atoms with Gasteiger partial charge >= 0.3 is 5.97 Å². The van der Waals surface area contributed by atoms with Gasteiger partial charge in [-0.1, -0.05) is 384 Å². The highest BCUT2D eigenvalue weighted by Gasteiger charge is 2.44. The van der Waals surface area contributed by atoms with Crippen LogP contribution in [0.4, 0.5) is 0 Å². The molecule has 1 aliphatic rings. The van der Waals surface area contributed by atoms with Gasteiger partial charge in [0, 0.05) is 12.8 Å². The van der Waals surface area contributed by atoms with Crippen LogP contribution in [0.25, 0.3) is 0 Å². The summed E-state index contributed by atoms with van der Waals surface area (Å²) in [6, 6.07) is -0.825. The monoisotopic (exact) mass is 1360 g/mol. The predicted octanol–water partition coefficient (Wildman–Crippen LogP) is 23.3. The highest BCUT2D eigenvalue weighted by atomic mass is 16.7. The topological polar surface area (TPSA) is 175 Å². The molecule has 1 saturated heterocycles. The molecule has 6 N–H and O–H groups in total. The largest absolute Gasteiger partial charge is 0.466 e. The van der Waals surface area contributed by atoms with Gasteiger partial charge in [-0.2, -0.15) is 0 Å². The molecule has 1 heterocycles. The lowest BCUT2D eigenvalue weighted by molar-refractivity contribution is -0.302. The summed E-state index contributed by atoms with van der Waals surface area (Å²) in [7, 11) is 0. The van der Waals surface area contributed by atoms with Gasteiger partial charge in [0.1, 0.15) is 24.4 Å². The molecule has 0 radical (unpaired) electrons. The molecule has 1 rings (SSSR count). The van der Waals surface area contributed by atoms with E-state index in [4.69, 9.17) is 14.2 Å². The molecule has 1 amide bonds. The molecule has 0 aromatic rings. The molecule has 0 spiro atoms. The summed E-state index contributed by atoms with van der Waals surface area (Å²) < 4.78 is 16.8. The van der Waals surface area contributed by atoms with E-state index < -0.39 is 49.5 Å². The first kappa shape index (κ1) is 91.9. The second kappa shape index (κ2) is 74.1. The molecule has 0 bridgehead atoms. The maximum atomic E-state index is 13.1. The highest BCUT2D eigenvalue weighted by Crippen LogP contribution is 2.24. The molecule has 0 saturated carbocycles. The van der Waals surface area contributed by atoms with Gasteiger partial charge < -0.3 is 45.1 Å². The Hall–Kier alpha value is -2.12. The van der Waals surface area contributed by atoms with Crippen molar-refractivity contribution in [2.24, 2.45) is 0 Å². The lowest BCUT2D eigenvalue weighted by Gasteiger charge is -2.40. The third-order valence-electron chi connectivity index (χ3n) is 20.2. The zero-order valence-corrected chi connectivity index (χ0v) is 63.4. The maximum absolute atomic E-state index is 13.1. The molecule has 0 aromatic heterocycles. The van der Waals surface area contributed by atoms with Gasteiger partial charge in [0.05, 0.1) is 32.0 Å². The number of hydrogen-bond donors (Lipinski definition) is 6. The third kappa shape index (κ3) is 61.7. The van der Waals surface area contributed by atoms with Gasteiger partial charge in [0.25, 0.3) is 0 Å². The molecule has 1 fully saturated rings. The second-order valence-electron chi connectivity index (χ2n) is 29.5. The number of esters is 1. The lowest BCUT2D eigenvalue weighted by atomic mass is 9.99. The summed E-state index contributed by atoms with van der Waals surface area (Å²) in [6.07, 6.45) is 87.7. The van der Waals surface area contributed by atoms with E-state index in [9.17, 15) is 35.1 Å². The summed E-state index contributed by atoms with van der Waals surface area (Å²) in [4.78, 5) is 25.2. The number of carbonyl (C=O) groups is 2. The Kier molecular flexibility index (Phi) is 70.9. The molecule has 96 heavy (non-hydrogen) atoms. The molecule has 1 aliphatic heterocycles. The number of aliphatic hydroxyl groups is 5. The van der Waals surface area contributed by atoms with Crippen molar-refractivity contribution in [2.45, 2.75) is 474 Å². The number of nitrogens with one attached hydrogen (secondary N) is 1. The van der Waals surface area contributed by atoms with E-state index in [0.717, 1.165) is 51.4 Å². The standard InChI is InChI=1S/C85H161NO10/c1-3-5-7-9-11-13-15-17-44-47-51-55-59-63-67-71-78(88)77(76-95-85-84(93)83(92)82(91)79(75-87)96-85)86-80(89)72-68-64-60-56-52-48-45-42-40-38-36-34-32-30-28-26-24-22-20-19-21-23-25-27-29-31-33-35-37-39-41-43-46-50-54-58-62-66-70-74-94-81(90)73-69-65-61-57-53-49-18-16-14-12-10-8-6-4-2/h19-20,51,55,67,71,77-79,82-85,87-88,91-93H,3-18,21-50,52-54,56-66,68-70,72-76H2,1-2H3,(H,86,89)/b20-19-,55-51+,71-67+. The van der Waals surface area contributed by atoms with Crippen LogP contribution in [0.5, 0.6) is 0 Å². The molecule has 7 unspecified atom stereocenters. The number of rotatable bonds is 76. The minimum atomic E-state index is -1.57. The van der Waals surface area contributed by atoms with Gasteiger partial charge in [0.2, 0.25) is 5.91 Å². The molecular formula is C85H161NO10. The van der Waals surface area contributed by atoms with Gasteiger partial charge in [0.15, 0.2) is 6.29 Å². The Labute approximate surface area is 594 Å². The fourth-order valence-electron chi connectivity index (χ4n) is 13.6. The Morgan fingerprint density at radius 2 is 0.677 bits per heavy atom. The van der Waals surface area contributed by atoms with Gasteiger partial charge in [-0.05, 0) is 70.6 Å². The fourth-order valence-corrected chi connectivity index (χ4v) is 13.6. The fraction of sp³-hybridized carbons (Fsp3) is 0.906. The summed E-state index contributed by atoms with van der Waals surface area (Å²) in [5.41, 5.74) is 0. The van der Waals surface area contributed by atoms with Gasteiger partial charge in [-0.15, -0.1) is 0 Å². The molecule has 566 valence electrons. The van der Waals surface area contributed by atoms with Crippen LogP contribution in [0.15, 0.2) is 36.5 Å². The average Bonchev–Trinajstić information content (AvgIpc) is 0.845. The van der Waals surface area contributed by atoms with Crippen LogP contribution in [-0.2, 0) is 23.8 Å². The molecule has 0 aromatic carbocycles. The van der Waals surface area contributed by atoms with Crippen molar-refractivity contribution in [2.75, 3.05) is 19.8 Å². The van der Waals surface area contributed by atoms with E-state index >= 15 is 0 Å². The summed E-state index contributed by atoms with van der Waals surface area (Å²) in [5.74, 6) is -0.165. The molecule has 0 aliphatic carbocycles. The van der Waals surface area contributed by atoms with Crippen LogP contribution in [0.1, 0.15) is 431 Å². The van der Waals surface area contributed by atoms with E-state index in [1.54, 1.807) is 6.08 Å². The van der Waals surface area contributed by atoms with Crippen LogP contribution in [0.3, 0.4) is 0 Å². The first-order valence-electron chi connectivity index (χ1n) is 42.3. The van der Waals surface area contributed by atoms with Crippen molar-refractivity contribution in [3.05, 3.63) is 36.5 Å². The van der Waals surface area contributed by atoms with Crippen LogP contribution in [-0.4, -0.2) is 100 Å². The summed E-state index contributed by atoms with van der Waals surface area (Å²) in [6.45, 7) is 4.39. The number of carbonyl (C=O) groups excluding carboxylic acids is 2. The number of amides is 1. The minimum Gasteiger partial charge on any atom is -0.466 e. The zero-order chi connectivity index (χ0) is 69.4. The van der Waals surface area contributed by atoms with Crippen LogP contribution < -0.4 is 5.32 Å². The maximum Gasteiger partial charge on any atom is 0.305 e. The van der Waals surface area contributed by atoms with Gasteiger partial charge in [-0.3, -0.25) is 9.59 Å². The van der Waals surface area contributed by atoms with Crippen molar-refractivity contribution < 1.29 is 49.3 Å². The van der Waals surface area contributed by atoms with Crippen molar-refractivity contribution in [3.63, 3.8) is 0 Å². The van der Waals surface area contributed by atoms with E-state index in [1.807, 2.05) is 6.08 Å². The predicted molar refractivity (Wildman–Crippen MR) is 407 cm³/mol. The SMILES string of the molecule is CCCCCCCCCCC/C=C/CC/C=C/C(O)C(COC1OC(CO)C(O)C(O)C1O)NC(=O)CCCCCCCCCCCCCCCCCCC/C=C\CCCCCCCCCCCCCCCCCCCCOC(=O)CCCCCCCCCCCCCCCC. The Morgan fingerprint density at radius 3 is 1.03 bits per heavy atom. The normalized spacial score (nSPS) is 17.4. The minimum absolute atomic E-state index is 0.0197. The molecule has 11 nitrogen and oxygen atoms in total. The second-order valence-corrected chi connectivity index (χ2v) is 29.5. The Morgan fingerprint density at radius 1 is 0.375 bits per heavy atom. The Balaban J connectivity index is 1.90. The first-order valence-corrected chi connectivity index (χ1v) is 42.3. The van der Waals surface area contributed by atoms with E-state index in [-0.39, 0.29) is 18.5 Å². The van der Waals surface area contributed by atoms with E-state index in [0.29, 0.717) is 19.4 Å². The average molecular weight is 1360 g/mol. The van der Waals surface area contributed by atoms with E-state index in [2.05, 4.69) is 43.5 Å². The third-order valence-corrected chi connectivity index (χ3v) is 20.2. The number of unbranched alkanes of at least 4 members (excludes halogenated alkanes) is 58. The number of hydrogen-bond acceptors (Lipinski definition) is 10. The van der Waals surface area contributed by atoms with Crippen molar-refractivity contribution in [1.82, 2.24) is 5.32 Å². The zero-order valence-electron chi connectivity index (χ0n) is 63.4. The molecule has 7 atom stereocenters. The quantitative estimate of drug-likeness (QED) is 0.0195. The highest BCUT2D eigenvalue weighted by molar-refractivity contribution is 5.76. The summed E-state index contributed by atoms with van der Waals surface area (Å²) in [5, 5.41) is 54.6. The van der Waals surface area contributed by atoms with Crippen molar-refractivity contribution in [3.8, 4) is 0 Å². The number of aliphatic hydroxyl groups excluding tert-OH is 5. The molecule has 11 heteroatoms. The smallest absolute Gasteiger partial charge is 0.305 e. The first-order chi connectivity index (χ1) is 47.2. The van der Waals surface area contributed by atoms with Crippen molar-refractivity contribution in [1.29, 1.82) is 0 Å². The number of ether oxygens (including phenoxy) is 3. The van der Waals surface area contributed by atoms with Crippen LogP contribution >= 0.6 is 0 Å². The van der Waals surface area contributed by atoms with Crippen LogP contribution in [0.2, 0.25) is 0 Å². The van der Waals surface area contributed by atoms with Crippen LogP contribution in [0, 0.1) is 0 Å². The van der Waals surface area contributed by atoms with E-state index in [1.165, 1.54) is 353 Å². The molecular weight excluding hydrogens is 1190 g/mol. The van der Waals surface area contributed by atoms with Gasteiger partial charge in [-0.25, -0.2) is 0 Å².